The molecule has 0 aliphatic rings. The van der Waals surface area contributed by atoms with E-state index in [1.165, 1.54) is 12.1 Å². The number of nitrogens with two attached hydrogens (primary N) is 1. The maximum atomic E-state index is 11.8. The molecular formula is C15H12Cl2N2O3. The van der Waals surface area contributed by atoms with Gasteiger partial charge in [0, 0.05) is 10.7 Å². The van der Waals surface area contributed by atoms with Crippen LogP contribution in [0.4, 0.5) is 11.4 Å². The summed E-state index contributed by atoms with van der Waals surface area (Å²) in [5.74, 6) is -1.19. The van der Waals surface area contributed by atoms with Crippen molar-refractivity contribution >= 4 is 46.5 Å². The predicted octanol–water partition coefficient (Wildman–Crippen LogP) is 3.37. The van der Waals surface area contributed by atoms with Crippen LogP contribution in [0.5, 0.6) is 0 Å². The zero-order chi connectivity index (χ0) is 16.1. The molecule has 22 heavy (non-hydrogen) atoms. The van der Waals surface area contributed by atoms with Gasteiger partial charge in [0.05, 0.1) is 16.3 Å². The van der Waals surface area contributed by atoms with Crippen molar-refractivity contribution in [3.05, 3.63) is 58.1 Å². The Hall–Kier alpha value is -2.24. The number of hydrogen-bond acceptors (Lipinski definition) is 4. The maximum Gasteiger partial charge on any atom is 0.340 e. The van der Waals surface area contributed by atoms with Crippen LogP contribution in [0.15, 0.2) is 42.5 Å². The summed E-state index contributed by atoms with van der Waals surface area (Å²) >= 11 is 11.7. The molecule has 2 aromatic rings. The molecule has 0 spiro atoms. The average molecular weight is 339 g/mol. The standard InChI is InChI=1S/C15H12Cl2N2O3/c16-9-5-6-13(11(17)7-9)19-14(20)8-22-15(21)10-3-1-2-4-12(10)18/h1-7H,8,18H2,(H,19,20). The number of benzene rings is 2. The van der Waals surface area contributed by atoms with Crippen molar-refractivity contribution < 1.29 is 14.3 Å². The van der Waals surface area contributed by atoms with Gasteiger partial charge in [-0.3, -0.25) is 4.79 Å². The number of hydrogen-bond donors (Lipinski definition) is 2. The van der Waals surface area contributed by atoms with Crippen molar-refractivity contribution in [1.29, 1.82) is 0 Å². The minimum atomic E-state index is -0.671. The van der Waals surface area contributed by atoms with Gasteiger partial charge in [-0.15, -0.1) is 0 Å². The molecule has 1 amide bonds. The third-order valence-electron chi connectivity index (χ3n) is 2.72. The summed E-state index contributed by atoms with van der Waals surface area (Å²) in [6.45, 7) is -0.452. The van der Waals surface area contributed by atoms with Crippen LogP contribution in [-0.2, 0) is 9.53 Å². The Labute approximate surface area is 137 Å². The number of carbonyl (C=O) groups is 2. The highest BCUT2D eigenvalue weighted by Crippen LogP contribution is 2.25. The lowest BCUT2D eigenvalue weighted by Crippen LogP contribution is -2.21. The van der Waals surface area contributed by atoms with Gasteiger partial charge in [-0.2, -0.15) is 0 Å². The number of anilines is 2. The Morgan fingerprint density at radius 3 is 2.55 bits per heavy atom. The first kappa shape index (κ1) is 16.1. The highest BCUT2D eigenvalue weighted by atomic mass is 35.5. The molecule has 0 atom stereocenters. The minimum absolute atomic E-state index is 0.208. The highest BCUT2D eigenvalue weighted by Gasteiger charge is 2.13. The number of nitrogen functional groups attached to an aromatic ring is 1. The molecule has 5 nitrogen and oxygen atoms in total. The largest absolute Gasteiger partial charge is 0.452 e. The number of carbonyl (C=O) groups excluding carboxylic acids is 2. The summed E-state index contributed by atoms with van der Waals surface area (Å²) in [5.41, 5.74) is 6.53. The first-order valence-electron chi connectivity index (χ1n) is 6.24. The molecule has 0 aliphatic carbocycles. The van der Waals surface area contributed by atoms with Gasteiger partial charge >= 0.3 is 5.97 Å². The number of esters is 1. The van der Waals surface area contributed by atoms with E-state index in [9.17, 15) is 9.59 Å². The van der Waals surface area contributed by atoms with Crippen LogP contribution in [0.2, 0.25) is 10.0 Å². The normalized spacial score (nSPS) is 10.1. The van der Waals surface area contributed by atoms with E-state index in [0.29, 0.717) is 15.7 Å². The van der Waals surface area contributed by atoms with Gasteiger partial charge in [-0.25, -0.2) is 4.79 Å². The van der Waals surface area contributed by atoms with Crippen molar-refractivity contribution in [1.82, 2.24) is 0 Å². The number of rotatable bonds is 4. The van der Waals surface area contributed by atoms with Gasteiger partial charge in [0.25, 0.3) is 5.91 Å². The molecule has 0 aliphatic heterocycles. The van der Waals surface area contributed by atoms with E-state index in [1.54, 1.807) is 30.3 Å². The quantitative estimate of drug-likeness (QED) is 0.661. The first-order chi connectivity index (χ1) is 10.5. The monoisotopic (exact) mass is 338 g/mol. The molecule has 0 radical (unpaired) electrons. The number of amides is 1. The van der Waals surface area contributed by atoms with Crippen molar-refractivity contribution in [2.75, 3.05) is 17.7 Å². The molecule has 114 valence electrons. The lowest BCUT2D eigenvalue weighted by molar-refractivity contribution is -0.119. The van der Waals surface area contributed by atoms with Crippen LogP contribution >= 0.6 is 23.2 Å². The summed E-state index contributed by atoms with van der Waals surface area (Å²) in [5, 5.41) is 3.26. The van der Waals surface area contributed by atoms with E-state index in [0.717, 1.165) is 0 Å². The fourth-order valence-corrected chi connectivity index (χ4v) is 2.12. The van der Waals surface area contributed by atoms with Crippen molar-refractivity contribution in [3.63, 3.8) is 0 Å². The van der Waals surface area contributed by atoms with Gasteiger partial charge in [0.15, 0.2) is 6.61 Å². The molecule has 7 heteroatoms. The van der Waals surface area contributed by atoms with Crippen LogP contribution in [0.25, 0.3) is 0 Å². The van der Waals surface area contributed by atoms with Crippen molar-refractivity contribution in [2.45, 2.75) is 0 Å². The summed E-state index contributed by atoms with van der Waals surface area (Å²) in [4.78, 5) is 23.6. The summed E-state index contributed by atoms with van der Waals surface area (Å²) in [6.07, 6.45) is 0. The predicted molar refractivity (Wildman–Crippen MR) is 86.2 cm³/mol. The van der Waals surface area contributed by atoms with Crippen LogP contribution in [-0.4, -0.2) is 18.5 Å². The topological polar surface area (TPSA) is 81.4 Å². The molecular weight excluding hydrogens is 327 g/mol. The van der Waals surface area contributed by atoms with Gasteiger partial charge < -0.3 is 15.8 Å². The van der Waals surface area contributed by atoms with Gasteiger partial charge in [0.2, 0.25) is 0 Å². The number of nitrogens with one attached hydrogen (secondary N) is 1. The third kappa shape index (κ3) is 4.13. The van der Waals surface area contributed by atoms with Crippen LogP contribution in [0, 0.1) is 0 Å². The lowest BCUT2D eigenvalue weighted by Gasteiger charge is -2.09. The van der Waals surface area contributed by atoms with Crippen LogP contribution in [0.3, 0.4) is 0 Å². The molecule has 2 rings (SSSR count). The van der Waals surface area contributed by atoms with E-state index in [1.807, 2.05) is 0 Å². The molecule has 0 unspecified atom stereocenters. The number of para-hydroxylation sites is 1. The minimum Gasteiger partial charge on any atom is -0.452 e. The van der Waals surface area contributed by atoms with Gasteiger partial charge in [0.1, 0.15) is 0 Å². The van der Waals surface area contributed by atoms with E-state index in [2.05, 4.69) is 5.32 Å². The maximum absolute atomic E-state index is 11.8. The van der Waals surface area contributed by atoms with Crippen molar-refractivity contribution in [3.8, 4) is 0 Å². The fourth-order valence-electron chi connectivity index (χ4n) is 1.67. The molecule has 0 fully saturated rings. The van der Waals surface area contributed by atoms with Gasteiger partial charge in [-0.05, 0) is 30.3 Å². The second-order valence-electron chi connectivity index (χ2n) is 4.34. The third-order valence-corrected chi connectivity index (χ3v) is 3.27. The Balaban J connectivity index is 1.93. The SMILES string of the molecule is Nc1ccccc1C(=O)OCC(=O)Nc1ccc(Cl)cc1Cl. The molecule has 3 N–H and O–H groups in total. The van der Waals surface area contributed by atoms with Crippen LogP contribution in [0.1, 0.15) is 10.4 Å². The summed E-state index contributed by atoms with van der Waals surface area (Å²) in [7, 11) is 0. The molecule has 2 aromatic carbocycles. The first-order valence-corrected chi connectivity index (χ1v) is 6.99. The van der Waals surface area contributed by atoms with E-state index >= 15 is 0 Å². The molecule has 0 bridgehead atoms. The highest BCUT2D eigenvalue weighted by molar-refractivity contribution is 6.36. The Bertz CT molecular complexity index is 720. The smallest absolute Gasteiger partial charge is 0.340 e. The Morgan fingerprint density at radius 2 is 1.86 bits per heavy atom. The number of ether oxygens (including phenoxy) is 1. The zero-order valence-electron chi connectivity index (χ0n) is 11.3. The van der Waals surface area contributed by atoms with E-state index in [-0.39, 0.29) is 11.3 Å². The second-order valence-corrected chi connectivity index (χ2v) is 5.18. The van der Waals surface area contributed by atoms with Crippen LogP contribution < -0.4 is 11.1 Å². The molecule has 0 aromatic heterocycles. The zero-order valence-corrected chi connectivity index (χ0v) is 12.8. The summed E-state index contributed by atoms with van der Waals surface area (Å²) < 4.78 is 4.91. The van der Waals surface area contributed by atoms with E-state index in [4.69, 9.17) is 33.7 Å². The molecule has 0 saturated carbocycles. The molecule has 0 heterocycles. The lowest BCUT2D eigenvalue weighted by atomic mass is 10.2. The average Bonchev–Trinajstić information content (AvgIpc) is 2.48. The second kappa shape index (κ2) is 7.15. The van der Waals surface area contributed by atoms with E-state index < -0.39 is 18.5 Å². The van der Waals surface area contributed by atoms with Crippen molar-refractivity contribution in [2.24, 2.45) is 0 Å². The van der Waals surface area contributed by atoms with Gasteiger partial charge in [-0.1, -0.05) is 35.3 Å². The summed E-state index contributed by atoms with van der Waals surface area (Å²) in [6, 6.07) is 11.1. The number of halogens is 2. The molecule has 0 saturated heterocycles. The Kier molecular flexibility index (Phi) is 5.25. The Morgan fingerprint density at radius 1 is 1.14 bits per heavy atom. The fraction of sp³-hybridized carbons (Fsp3) is 0.0667.